The number of phenolic OH excluding ortho intramolecular Hbond substituents is 1. The molecule has 28 heavy (non-hydrogen) atoms. The molecule has 0 bridgehead atoms. The Labute approximate surface area is 164 Å². The highest BCUT2D eigenvalue weighted by atomic mass is 32.1. The lowest BCUT2D eigenvalue weighted by Gasteiger charge is -2.05. The number of anilines is 3. The molecule has 2 aromatic carbocycles. The number of hydrogen-bond acceptors (Lipinski definition) is 7. The van der Waals surface area contributed by atoms with E-state index >= 15 is 0 Å². The summed E-state index contributed by atoms with van der Waals surface area (Å²) < 4.78 is 5.27. The number of thiazole rings is 1. The Kier molecular flexibility index (Phi) is 4.77. The topological polar surface area (TPSA) is 100 Å². The van der Waals surface area contributed by atoms with Crippen LogP contribution in [0.3, 0.4) is 0 Å². The lowest BCUT2D eigenvalue weighted by molar-refractivity contribution is 0.101. The van der Waals surface area contributed by atoms with Crippen LogP contribution in [-0.2, 0) is 0 Å². The van der Waals surface area contributed by atoms with Crippen molar-refractivity contribution >= 4 is 33.8 Å². The first-order chi connectivity index (χ1) is 13.6. The highest BCUT2D eigenvalue weighted by Gasteiger charge is 2.16. The maximum absolute atomic E-state index is 12.3. The van der Waals surface area contributed by atoms with Crippen LogP contribution in [-0.4, -0.2) is 21.2 Å². The molecular weight excluding hydrogens is 376 g/mol. The summed E-state index contributed by atoms with van der Waals surface area (Å²) in [5.74, 6) is 0.172. The predicted octanol–water partition coefficient (Wildman–Crippen LogP) is 4.81. The van der Waals surface area contributed by atoms with Crippen LogP contribution >= 0.6 is 11.3 Å². The third kappa shape index (κ3) is 3.86. The first kappa shape index (κ1) is 17.7. The number of nitrogens with one attached hydrogen (secondary N) is 2. The maximum atomic E-state index is 12.3. The molecule has 0 unspecified atom stereocenters. The molecular formula is C20H16N4O3S. The second kappa shape index (κ2) is 7.53. The largest absolute Gasteiger partial charge is 0.506 e. The summed E-state index contributed by atoms with van der Waals surface area (Å²) in [6, 6.07) is 16.0. The third-order valence-corrected chi connectivity index (χ3v) is 4.68. The Hall–Kier alpha value is -3.65. The zero-order valence-corrected chi connectivity index (χ0v) is 15.7. The summed E-state index contributed by atoms with van der Waals surface area (Å²) >= 11 is 1.35. The van der Waals surface area contributed by atoms with E-state index in [1.54, 1.807) is 35.7 Å². The molecule has 0 saturated carbocycles. The van der Waals surface area contributed by atoms with Crippen LogP contribution in [0.2, 0.25) is 0 Å². The number of nitrogens with zero attached hydrogens (tertiary/aromatic N) is 2. The average Bonchev–Trinajstić information content (AvgIpc) is 3.34. The number of carbonyl (C=O) groups excluding carboxylic acids is 1. The van der Waals surface area contributed by atoms with Crippen LogP contribution in [0.15, 0.2) is 64.5 Å². The molecule has 140 valence electrons. The lowest BCUT2D eigenvalue weighted by Crippen LogP contribution is -2.11. The summed E-state index contributed by atoms with van der Waals surface area (Å²) in [5.41, 5.74) is 2.91. The van der Waals surface area contributed by atoms with Gasteiger partial charge >= 0.3 is 0 Å². The molecule has 7 nitrogen and oxygen atoms in total. The average molecular weight is 392 g/mol. The highest BCUT2D eigenvalue weighted by Crippen LogP contribution is 2.31. The molecule has 2 aromatic heterocycles. The number of aromatic hydroxyl groups is 1. The third-order valence-electron chi connectivity index (χ3n) is 3.93. The van der Waals surface area contributed by atoms with Crippen LogP contribution in [0, 0.1) is 6.92 Å². The van der Waals surface area contributed by atoms with Crippen molar-refractivity contribution < 1.29 is 14.4 Å². The zero-order valence-electron chi connectivity index (χ0n) is 14.8. The number of phenols is 1. The summed E-state index contributed by atoms with van der Waals surface area (Å²) in [6.45, 7) is 1.90. The molecule has 4 rings (SSSR count). The number of rotatable bonds is 5. The number of para-hydroxylation sites is 1. The van der Waals surface area contributed by atoms with Crippen molar-refractivity contribution in [2.75, 3.05) is 10.6 Å². The minimum atomic E-state index is -0.362. The number of carbonyl (C=O) groups is 1. The van der Waals surface area contributed by atoms with Gasteiger partial charge in [0, 0.05) is 17.1 Å². The van der Waals surface area contributed by atoms with E-state index in [4.69, 9.17) is 4.52 Å². The second-order valence-corrected chi connectivity index (χ2v) is 6.94. The molecule has 0 atom stereocenters. The van der Waals surface area contributed by atoms with Gasteiger partial charge in [0.05, 0.1) is 5.69 Å². The van der Waals surface area contributed by atoms with E-state index in [0.717, 1.165) is 5.56 Å². The van der Waals surface area contributed by atoms with Crippen molar-refractivity contribution in [2.45, 2.75) is 6.92 Å². The summed E-state index contributed by atoms with van der Waals surface area (Å²) in [6.07, 6.45) is 0. The van der Waals surface area contributed by atoms with Gasteiger partial charge in [0.15, 0.2) is 16.6 Å². The van der Waals surface area contributed by atoms with E-state index in [9.17, 15) is 9.90 Å². The van der Waals surface area contributed by atoms with Gasteiger partial charge in [0.25, 0.3) is 5.91 Å². The first-order valence-electron chi connectivity index (χ1n) is 8.44. The van der Waals surface area contributed by atoms with Crippen LogP contribution < -0.4 is 10.6 Å². The van der Waals surface area contributed by atoms with Crippen molar-refractivity contribution in [3.63, 3.8) is 0 Å². The molecule has 0 aliphatic heterocycles. The molecule has 0 aliphatic carbocycles. The normalized spacial score (nSPS) is 10.6. The molecule has 3 N–H and O–H groups in total. The van der Waals surface area contributed by atoms with Crippen LogP contribution in [0.4, 0.5) is 16.5 Å². The number of benzene rings is 2. The summed E-state index contributed by atoms with van der Waals surface area (Å²) in [5, 5.41) is 22.0. The molecule has 0 aliphatic rings. The first-order valence-corrected chi connectivity index (χ1v) is 9.32. The van der Waals surface area contributed by atoms with Crippen molar-refractivity contribution in [1.29, 1.82) is 0 Å². The van der Waals surface area contributed by atoms with E-state index in [1.807, 2.05) is 31.2 Å². The van der Waals surface area contributed by atoms with Gasteiger partial charge in [0.1, 0.15) is 11.4 Å². The smallest absolute Gasteiger partial charge is 0.277 e. The highest BCUT2D eigenvalue weighted by molar-refractivity contribution is 7.14. The quantitative estimate of drug-likeness (QED) is 0.422. The number of aromatic nitrogens is 2. The van der Waals surface area contributed by atoms with Crippen LogP contribution in [0.25, 0.3) is 11.5 Å². The Morgan fingerprint density at radius 3 is 2.75 bits per heavy atom. The Bertz CT molecular complexity index is 1120. The molecule has 0 spiro atoms. The lowest BCUT2D eigenvalue weighted by atomic mass is 10.2. The molecule has 0 fully saturated rings. The van der Waals surface area contributed by atoms with Crippen LogP contribution in [0.5, 0.6) is 5.75 Å². The number of hydrogen-bond donors (Lipinski definition) is 3. The minimum Gasteiger partial charge on any atom is -0.506 e. The van der Waals surface area contributed by atoms with Gasteiger partial charge in [-0.1, -0.05) is 29.4 Å². The fourth-order valence-corrected chi connectivity index (χ4v) is 3.24. The van der Waals surface area contributed by atoms with Gasteiger partial charge in [-0.05, 0) is 36.8 Å². The van der Waals surface area contributed by atoms with Gasteiger partial charge in [-0.15, -0.1) is 11.3 Å². The van der Waals surface area contributed by atoms with E-state index in [2.05, 4.69) is 20.8 Å². The molecule has 2 heterocycles. The minimum absolute atomic E-state index is 0.149. The molecule has 1 amide bonds. The van der Waals surface area contributed by atoms with Crippen LogP contribution in [0.1, 0.15) is 16.1 Å². The summed E-state index contributed by atoms with van der Waals surface area (Å²) in [7, 11) is 0. The Morgan fingerprint density at radius 2 is 1.96 bits per heavy atom. The second-order valence-electron chi connectivity index (χ2n) is 6.08. The standard InChI is InChI=1S/C20H16N4O3S/c1-12-7-8-14(17(25)9-12)22-20-23-16(11-28-20)18-10-15(24-27-18)19(26)21-13-5-3-2-4-6-13/h2-11,25H,1H3,(H,21,26)(H,22,23). The van der Waals surface area contributed by atoms with Crippen molar-refractivity contribution in [2.24, 2.45) is 0 Å². The van der Waals surface area contributed by atoms with Crippen molar-refractivity contribution in [1.82, 2.24) is 10.1 Å². The SMILES string of the molecule is Cc1ccc(Nc2nc(-c3cc(C(=O)Nc4ccccc4)no3)cs2)c(O)c1. The van der Waals surface area contributed by atoms with E-state index in [1.165, 1.54) is 11.3 Å². The van der Waals surface area contributed by atoms with E-state index in [0.29, 0.717) is 28.0 Å². The monoisotopic (exact) mass is 392 g/mol. The van der Waals surface area contributed by atoms with Crippen molar-refractivity contribution in [3.05, 3.63) is 71.2 Å². The fraction of sp³-hybridized carbons (Fsp3) is 0.0500. The van der Waals surface area contributed by atoms with Gasteiger partial charge < -0.3 is 20.3 Å². The Morgan fingerprint density at radius 1 is 1.14 bits per heavy atom. The van der Waals surface area contributed by atoms with Gasteiger partial charge in [0.2, 0.25) is 0 Å². The number of aryl methyl sites for hydroxylation is 1. The van der Waals surface area contributed by atoms with Gasteiger partial charge in [-0.25, -0.2) is 4.98 Å². The molecule has 8 heteroatoms. The molecule has 0 radical (unpaired) electrons. The predicted molar refractivity (Wildman–Crippen MR) is 108 cm³/mol. The zero-order chi connectivity index (χ0) is 19.5. The molecule has 0 saturated heterocycles. The fourth-order valence-electron chi connectivity index (χ4n) is 2.53. The maximum Gasteiger partial charge on any atom is 0.277 e. The molecule has 4 aromatic rings. The van der Waals surface area contributed by atoms with E-state index < -0.39 is 0 Å². The summed E-state index contributed by atoms with van der Waals surface area (Å²) in [4.78, 5) is 16.7. The van der Waals surface area contributed by atoms with Crippen molar-refractivity contribution in [3.8, 4) is 17.2 Å². The van der Waals surface area contributed by atoms with E-state index in [-0.39, 0.29) is 17.4 Å². The van der Waals surface area contributed by atoms with Gasteiger partial charge in [-0.3, -0.25) is 4.79 Å². The number of amides is 1. The van der Waals surface area contributed by atoms with Gasteiger partial charge in [-0.2, -0.15) is 0 Å². The Balaban J connectivity index is 1.48.